The number of amides is 1. The maximum Gasteiger partial charge on any atom is 0.256 e. The molecule has 3 aromatic rings. The smallest absolute Gasteiger partial charge is 0.256 e. The maximum absolute atomic E-state index is 13.1. The first-order chi connectivity index (χ1) is 13.4. The van der Waals surface area contributed by atoms with Gasteiger partial charge in [0.2, 0.25) is 0 Å². The number of aryl methyl sites for hydroxylation is 1. The van der Waals surface area contributed by atoms with E-state index in [1.807, 2.05) is 27.0 Å². The molecule has 1 amide bonds. The number of carbonyl (C=O) groups is 1. The Balaban J connectivity index is 1.98. The Bertz CT molecular complexity index is 1080. The number of rotatable bonds is 6. The van der Waals surface area contributed by atoms with Gasteiger partial charge in [0.1, 0.15) is 11.3 Å². The minimum atomic E-state index is -0.276. The zero-order valence-electron chi connectivity index (χ0n) is 16.8. The maximum atomic E-state index is 13.1. The van der Waals surface area contributed by atoms with Gasteiger partial charge in [-0.3, -0.25) is 9.59 Å². The molecule has 0 aliphatic carbocycles. The highest BCUT2D eigenvalue weighted by molar-refractivity contribution is 6.09. The molecule has 0 saturated heterocycles. The van der Waals surface area contributed by atoms with Crippen molar-refractivity contribution in [3.05, 3.63) is 57.2 Å². The number of nitrogens with one attached hydrogen (secondary N) is 2. The topological polar surface area (TPSA) is 87.6 Å². The van der Waals surface area contributed by atoms with E-state index < -0.39 is 0 Å². The predicted molar refractivity (Wildman–Crippen MR) is 109 cm³/mol. The quantitative estimate of drug-likeness (QED) is 0.683. The van der Waals surface area contributed by atoms with Gasteiger partial charge in [-0.1, -0.05) is 0 Å². The largest absolute Gasteiger partial charge is 0.496 e. The van der Waals surface area contributed by atoms with Crippen molar-refractivity contribution in [2.75, 3.05) is 25.6 Å². The van der Waals surface area contributed by atoms with Crippen molar-refractivity contribution in [2.45, 2.75) is 27.3 Å². The molecule has 7 heteroatoms. The fourth-order valence-corrected chi connectivity index (χ4v) is 3.35. The number of ether oxygens (including phenoxy) is 1. The summed E-state index contributed by atoms with van der Waals surface area (Å²) in [4.78, 5) is 30.1. The molecule has 1 aromatic carbocycles. The average molecular weight is 383 g/mol. The van der Waals surface area contributed by atoms with Crippen molar-refractivity contribution in [3.8, 4) is 5.75 Å². The molecular weight excluding hydrogens is 358 g/mol. The highest BCUT2D eigenvalue weighted by atomic mass is 16.5. The van der Waals surface area contributed by atoms with Crippen LogP contribution in [0, 0.1) is 13.8 Å². The van der Waals surface area contributed by atoms with Crippen molar-refractivity contribution in [3.63, 3.8) is 0 Å². The lowest BCUT2D eigenvalue weighted by Crippen LogP contribution is -2.28. The Hall–Kier alpha value is -3.22. The summed E-state index contributed by atoms with van der Waals surface area (Å²) in [6, 6.07) is 5.46. The summed E-state index contributed by atoms with van der Waals surface area (Å²) >= 11 is 0. The lowest BCUT2D eigenvalue weighted by molar-refractivity contribution is 0.0951. The molecule has 2 heterocycles. The predicted octanol–water partition coefficient (Wildman–Crippen LogP) is 3.13. The summed E-state index contributed by atoms with van der Waals surface area (Å²) in [5.41, 5.74) is 3.79. The van der Waals surface area contributed by atoms with Gasteiger partial charge in [-0.15, -0.1) is 0 Å². The molecule has 28 heavy (non-hydrogen) atoms. The number of nitrogens with zero attached hydrogens (tertiary/aromatic N) is 1. The number of pyridine rings is 1. The van der Waals surface area contributed by atoms with Gasteiger partial charge in [0.15, 0.2) is 0 Å². The van der Waals surface area contributed by atoms with E-state index in [9.17, 15) is 9.59 Å². The minimum absolute atomic E-state index is 0.0598. The molecular formula is C21H25N3O4. The van der Waals surface area contributed by atoms with Crippen LogP contribution in [0.3, 0.4) is 0 Å². The normalized spacial score (nSPS) is 10.9. The van der Waals surface area contributed by atoms with Gasteiger partial charge in [-0.2, -0.15) is 0 Å². The molecule has 0 saturated carbocycles. The first-order valence-electron chi connectivity index (χ1n) is 9.14. The first kappa shape index (κ1) is 19.5. The summed E-state index contributed by atoms with van der Waals surface area (Å²) in [6.07, 6.45) is 1.57. The van der Waals surface area contributed by atoms with Crippen LogP contribution in [0.2, 0.25) is 0 Å². The van der Waals surface area contributed by atoms with Gasteiger partial charge < -0.3 is 24.4 Å². The summed E-state index contributed by atoms with van der Waals surface area (Å²) in [6.45, 7) is 6.60. The Labute approximate surface area is 163 Å². The van der Waals surface area contributed by atoms with E-state index in [1.165, 1.54) is 7.11 Å². The average Bonchev–Trinajstić information content (AvgIpc) is 3.13. The fraction of sp³-hybridized carbons (Fsp3) is 0.333. The van der Waals surface area contributed by atoms with Crippen LogP contribution in [0.1, 0.15) is 34.1 Å². The van der Waals surface area contributed by atoms with Gasteiger partial charge in [0.05, 0.1) is 31.0 Å². The Morgan fingerprint density at radius 1 is 1.32 bits per heavy atom. The Morgan fingerprint density at radius 2 is 2.07 bits per heavy atom. The van der Waals surface area contributed by atoms with Crippen LogP contribution in [0.4, 0.5) is 5.69 Å². The van der Waals surface area contributed by atoms with E-state index in [1.54, 1.807) is 25.3 Å². The summed E-state index contributed by atoms with van der Waals surface area (Å²) in [5.74, 6) is 0.184. The molecule has 7 nitrogen and oxygen atoms in total. The standard InChI is InChI=1S/C21H25N3O4/c1-6-24(4)16-10-18-14(7-8-28-18)19(13(16)3)21(26)22-11-15-17(27-5)9-12(2)23-20(15)25/h7-10H,6,11H2,1-5H3,(H,22,26)(H,23,25). The Morgan fingerprint density at radius 3 is 2.75 bits per heavy atom. The second kappa shape index (κ2) is 7.80. The number of fused-ring (bicyclic) bond motifs is 1. The van der Waals surface area contributed by atoms with Crippen molar-refractivity contribution in [1.82, 2.24) is 10.3 Å². The van der Waals surface area contributed by atoms with Crippen molar-refractivity contribution < 1.29 is 13.9 Å². The number of benzene rings is 1. The first-order valence-corrected chi connectivity index (χ1v) is 9.14. The van der Waals surface area contributed by atoms with Gasteiger partial charge in [-0.25, -0.2) is 0 Å². The molecule has 0 spiro atoms. The minimum Gasteiger partial charge on any atom is -0.496 e. The molecule has 148 valence electrons. The van der Waals surface area contributed by atoms with E-state index >= 15 is 0 Å². The molecule has 0 unspecified atom stereocenters. The van der Waals surface area contributed by atoms with Gasteiger partial charge >= 0.3 is 0 Å². The number of carbonyl (C=O) groups excluding carboxylic acids is 1. The molecule has 0 aliphatic rings. The molecule has 0 radical (unpaired) electrons. The van der Waals surface area contributed by atoms with Crippen molar-refractivity contribution in [1.29, 1.82) is 0 Å². The lowest BCUT2D eigenvalue weighted by Gasteiger charge is -2.21. The summed E-state index contributed by atoms with van der Waals surface area (Å²) < 4.78 is 10.8. The fourth-order valence-electron chi connectivity index (χ4n) is 3.35. The SMILES string of the molecule is CCN(C)c1cc2occc2c(C(=O)NCc2c(OC)cc(C)[nH]c2=O)c1C. The molecule has 0 aliphatic heterocycles. The Kier molecular flexibility index (Phi) is 5.44. The number of hydrogen-bond acceptors (Lipinski definition) is 5. The number of aromatic nitrogens is 1. The van der Waals surface area contributed by atoms with E-state index in [-0.39, 0.29) is 18.0 Å². The zero-order valence-corrected chi connectivity index (χ0v) is 16.8. The van der Waals surface area contributed by atoms with Crippen LogP contribution in [0.5, 0.6) is 5.75 Å². The van der Waals surface area contributed by atoms with Gasteiger partial charge in [-0.05, 0) is 38.5 Å². The monoisotopic (exact) mass is 383 g/mol. The highest BCUT2D eigenvalue weighted by Gasteiger charge is 2.20. The summed E-state index contributed by atoms with van der Waals surface area (Å²) in [7, 11) is 3.47. The third kappa shape index (κ3) is 3.47. The number of hydrogen-bond donors (Lipinski definition) is 2. The number of anilines is 1. The van der Waals surface area contributed by atoms with Crippen LogP contribution in [-0.2, 0) is 6.54 Å². The van der Waals surface area contributed by atoms with Gasteiger partial charge in [0.25, 0.3) is 11.5 Å². The number of H-pyrrole nitrogens is 1. The number of furan rings is 1. The van der Waals surface area contributed by atoms with Crippen molar-refractivity contribution in [2.24, 2.45) is 0 Å². The molecule has 2 aromatic heterocycles. The third-order valence-corrected chi connectivity index (χ3v) is 4.98. The van der Waals surface area contributed by atoms with E-state index in [0.717, 1.165) is 23.2 Å². The van der Waals surface area contributed by atoms with Crippen LogP contribution in [-0.4, -0.2) is 31.6 Å². The number of aromatic amines is 1. The van der Waals surface area contributed by atoms with E-state index in [0.29, 0.717) is 28.2 Å². The molecule has 0 atom stereocenters. The van der Waals surface area contributed by atoms with Gasteiger partial charge in [0, 0.05) is 36.4 Å². The second-order valence-electron chi connectivity index (χ2n) is 6.75. The zero-order chi connectivity index (χ0) is 20.4. The summed E-state index contributed by atoms with van der Waals surface area (Å²) in [5, 5.41) is 3.60. The molecule has 0 fully saturated rings. The third-order valence-electron chi connectivity index (χ3n) is 4.98. The van der Waals surface area contributed by atoms with E-state index in [2.05, 4.69) is 15.2 Å². The number of methoxy groups -OCH3 is 1. The molecule has 3 rings (SSSR count). The van der Waals surface area contributed by atoms with Crippen LogP contribution in [0.15, 0.2) is 33.7 Å². The van der Waals surface area contributed by atoms with Crippen LogP contribution >= 0.6 is 0 Å². The second-order valence-corrected chi connectivity index (χ2v) is 6.75. The van der Waals surface area contributed by atoms with Crippen LogP contribution in [0.25, 0.3) is 11.0 Å². The molecule has 0 bridgehead atoms. The van der Waals surface area contributed by atoms with Crippen LogP contribution < -0.4 is 20.5 Å². The van der Waals surface area contributed by atoms with E-state index in [4.69, 9.17) is 9.15 Å². The highest BCUT2D eigenvalue weighted by Crippen LogP contribution is 2.31. The lowest BCUT2D eigenvalue weighted by atomic mass is 10.0. The van der Waals surface area contributed by atoms with Crippen molar-refractivity contribution >= 4 is 22.6 Å². The molecule has 2 N–H and O–H groups in total.